The Morgan fingerprint density at radius 2 is 2.00 bits per heavy atom. The van der Waals surface area contributed by atoms with Crippen molar-refractivity contribution in [1.29, 1.82) is 0 Å². The van der Waals surface area contributed by atoms with Crippen LogP contribution in [0.3, 0.4) is 0 Å². The van der Waals surface area contributed by atoms with Gasteiger partial charge in [-0.05, 0) is 36.6 Å². The molecule has 27 heavy (non-hydrogen) atoms. The SMILES string of the molecule is O=C(NCCCn1ncc2ccccc21)C1CC(c2ccc(O)cc2)NN1. The Kier molecular flexibility index (Phi) is 5.04. The van der Waals surface area contributed by atoms with Gasteiger partial charge in [-0.25, -0.2) is 10.9 Å². The number of fused-ring (bicyclic) bond motifs is 1. The Labute approximate surface area is 157 Å². The fourth-order valence-corrected chi connectivity index (χ4v) is 3.42. The molecule has 0 radical (unpaired) electrons. The smallest absolute Gasteiger partial charge is 0.238 e. The number of hydrogen-bond donors (Lipinski definition) is 4. The summed E-state index contributed by atoms with van der Waals surface area (Å²) in [5.74, 6) is 0.234. The van der Waals surface area contributed by atoms with Crippen molar-refractivity contribution in [3.63, 3.8) is 0 Å². The quantitative estimate of drug-likeness (QED) is 0.501. The molecule has 0 spiro atoms. The number of hydrogen-bond acceptors (Lipinski definition) is 5. The lowest BCUT2D eigenvalue weighted by Gasteiger charge is -2.11. The Morgan fingerprint density at radius 1 is 1.19 bits per heavy atom. The topological polar surface area (TPSA) is 91.2 Å². The number of aromatic nitrogens is 2. The molecule has 140 valence electrons. The maximum absolute atomic E-state index is 12.4. The van der Waals surface area contributed by atoms with E-state index in [9.17, 15) is 9.90 Å². The summed E-state index contributed by atoms with van der Waals surface area (Å²) in [7, 11) is 0. The van der Waals surface area contributed by atoms with E-state index in [0.717, 1.165) is 29.4 Å². The minimum absolute atomic E-state index is 0.00546. The number of nitrogens with one attached hydrogen (secondary N) is 3. The summed E-state index contributed by atoms with van der Waals surface area (Å²) in [5, 5.41) is 17.9. The monoisotopic (exact) mass is 365 g/mol. The molecule has 0 aliphatic carbocycles. The number of carbonyl (C=O) groups is 1. The number of rotatable bonds is 6. The normalized spacial score (nSPS) is 19.4. The van der Waals surface area contributed by atoms with Gasteiger partial charge in [-0.1, -0.05) is 30.3 Å². The van der Waals surface area contributed by atoms with Crippen molar-refractivity contribution < 1.29 is 9.90 Å². The summed E-state index contributed by atoms with van der Waals surface area (Å²) in [6.45, 7) is 1.37. The van der Waals surface area contributed by atoms with Gasteiger partial charge in [0.2, 0.25) is 5.91 Å². The zero-order valence-electron chi connectivity index (χ0n) is 14.9. The number of aromatic hydroxyl groups is 1. The molecular weight excluding hydrogens is 342 g/mol. The van der Waals surface area contributed by atoms with Crippen molar-refractivity contribution in [3.05, 3.63) is 60.3 Å². The van der Waals surface area contributed by atoms with E-state index >= 15 is 0 Å². The van der Waals surface area contributed by atoms with E-state index in [1.54, 1.807) is 12.1 Å². The third kappa shape index (κ3) is 3.94. The van der Waals surface area contributed by atoms with Crippen molar-refractivity contribution in [2.75, 3.05) is 6.54 Å². The first-order valence-electron chi connectivity index (χ1n) is 9.19. The maximum atomic E-state index is 12.4. The number of nitrogens with zero attached hydrogens (tertiary/aromatic N) is 2. The van der Waals surface area contributed by atoms with E-state index in [1.165, 1.54) is 0 Å². The Balaban J connectivity index is 1.23. The highest BCUT2D eigenvalue weighted by molar-refractivity contribution is 5.82. The van der Waals surface area contributed by atoms with Crippen LogP contribution in [0, 0.1) is 0 Å². The summed E-state index contributed by atoms with van der Waals surface area (Å²) < 4.78 is 1.97. The average molecular weight is 365 g/mol. The first-order valence-corrected chi connectivity index (χ1v) is 9.19. The fraction of sp³-hybridized carbons (Fsp3) is 0.300. The molecular formula is C20H23N5O2. The highest BCUT2D eigenvalue weighted by Gasteiger charge is 2.29. The van der Waals surface area contributed by atoms with Crippen molar-refractivity contribution in [2.24, 2.45) is 0 Å². The van der Waals surface area contributed by atoms with Gasteiger partial charge in [-0.15, -0.1) is 0 Å². The van der Waals surface area contributed by atoms with Gasteiger partial charge in [0.25, 0.3) is 0 Å². The van der Waals surface area contributed by atoms with E-state index in [-0.39, 0.29) is 23.7 Å². The summed E-state index contributed by atoms with van der Waals surface area (Å²) in [5.41, 5.74) is 8.36. The van der Waals surface area contributed by atoms with Crippen molar-refractivity contribution in [2.45, 2.75) is 31.5 Å². The molecule has 0 saturated carbocycles. The van der Waals surface area contributed by atoms with Crippen LogP contribution in [0.4, 0.5) is 0 Å². The van der Waals surface area contributed by atoms with Gasteiger partial charge in [-0.2, -0.15) is 5.10 Å². The van der Waals surface area contributed by atoms with Gasteiger partial charge >= 0.3 is 0 Å². The van der Waals surface area contributed by atoms with Crippen LogP contribution in [-0.2, 0) is 11.3 Å². The molecule has 2 unspecified atom stereocenters. The van der Waals surface area contributed by atoms with Gasteiger partial charge < -0.3 is 10.4 Å². The van der Waals surface area contributed by atoms with Gasteiger partial charge in [0.1, 0.15) is 11.8 Å². The lowest BCUT2D eigenvalue weighted by Crippen LogP contribution is -2.43. The number of aryl methyl sites for hydroxylation is 1. The highest BCUT2D eigenvalue weighted by Crippen LogP contribution is 2.23. The van der Waals surface area contributed by atoms with E-state index in [0.29, 0.717) is 13.0 Å². The molecule has 1 aliphatic rings. The van der Waals surface area contributed by atoms with Crippen molar-refractivity contribution in [1.82, 2.24) is 25.9 Å². The lowest BCUT2D eigenvalue weighted by molar-refractivity contribution is -0.122. The Hall–Kier alpha value is -2.90. The van der Waals surface area contributed by atoms with Crippen LogP contribution < -0.4 is 16.2 Å². The predicted molar refractivity (Wildman–Crippen MR) is 103 cm³/mol. The second kappa shape index (κ2) is 7.77. The van der Waals surface area contributed by atoms with Gasteiger partial charge in [0, 0.05) is 24.5 Å². The number of para-hydroxylation sites is 1. The molecule has 1 fully saturated rings. The largest absolute Gasteiger partial charge is 0.508 e. The number of benzene rings is 2. The van der Waals surface area contributed by atoms with Gasteiger partial charge in [0.15, 0.2) is 0 Å². The molecule has 2 aromatic carbocycles. The summed E-state index contributed by atoms with van der Waals surface area (Å²) >= 11 is 0. The number of hydrazine groups is 1. The summed E-state index contributed by atoms with van der Waals surface area (Å²) in [6.07, 6.45) is 3.35. The lowest BCUT2D eigenvalue weighted by atomic mass is 10.0. The molecule has 1 aromatic heterocycles. The van der Waals surface area contributed by atoms with E-state index in [2.05, 4.69) is 27.3 Å². The van der Waals surface area contributed by atoms with Crippen LogP contribution in [-0.4, -0.2) is 33.4 Å². The molecule has 2 heterocycles. The van der Waals surface area contributed by atoms with Crippen LogP contribution in [0.25, 0.3) is 10.9 Å². The number of phenolic OH excluding ortho intramolecular Hbond substituents is 1. The summed E-state index contributed by atoms with van der Waals surface area (Å²) in [6, 6.07) is 14.9. The van der Waals surface area contributed by atoms with Crippen LogP contribution in [0.15, 0.2) is 54.7 Å². The molecule has 0 bridgehead atoms. The molecule has 4 N–H and O–H groups in total. The molecule has 1 aliphatic heterocycles. The number of phenols is 1. The van der Waals surface area contributed by atoms with Crippen molar-refractivity contribution in [3.8, 4) is 5.75 Å². The Morgan fingerprint density at radius 3 is 2.85 bits per heavy atom. The standard InChI is InChI=1S/C20H23N5O2/c26-16-8-6-14(7-9-16)17-12-18(24-23-17)20(27)21-10-3-11-25-19-5-2-1-4-15(19)13-22-25/h1-2,4-9,13,17-18,23-24,26H,3,10-12H2,(H,21,27). The maximum Gasteiger partial charge on any atom is 0.238 e. The molecule has 4 rings (SSSR count). The number of amides is 1. The average Bonchev–Trinajstić information content (AvgIpc) is 3.33. The second-order valence-corrected chi connectivity index (χ2v) is 6.79. The number of carbonyl (C=O) groups excluding carboxylic acids is 1. The molecule has 7 heteroatoms. The fourth-order valence-electron chi connectivity index (χ4n) is 3.42. The Bertz CT molecular complexity index is 922. The molecule has 2 atom stereocenters. The van der Waals surface area contributed by atoms with Gasteiger partial charge in [0.05, 0.1) is 11.7 Å². The first-order chi connectivity index (χ1) is 13.2. The zero-order valence-corrected chi connectivity index (χ0v) is 14.9. The molecule has 7 nitrogen and oxygen atoms in total. The minimum atomic E-state index is -0.269. The summed E-state index contributed by atoms with van der Waals surface area (Å²) in [4.78, 5) is 12.4. The third-order valence-corrected chi connectivity index (χ3v) is 4.91. The highest BCUT2D eigenvalue weighted by atomic mass is 16.3. The molecule has 3 aromatic rings. The minimum Gasteiger partial charge on any atom is -0.508 e. The first kappa shape index (κ1) is 17.5. The van der Waals surface area contributed by atoms with Crippen LogP contribution >= 0.6 is 0 Å². The van der Waals surface area contributed by atoms with E-state index in [4.69, 9.17) is 0 Å². The predicted octanol–water partition coefficient (Wildman–Crippen LogP) is 1.86. The molecule has 1 amide bonds. The van der Waals surface area contributed by atoms with Crippen LogP contribution in [0.2, 0.25) is 0 Å². The van der Waals surface area contributed by atoms with Crippen LogP contribution in [0.5, 0.6) is 5.75 Å². The second-order valence-electron chi connectivity index (χ2n) is 6.79. The van der Waals surface area contributed by atoms with E-state index in [1.807, 2.05) is 41.2 Å². The zero-order chi connectivity index (χ0) is 18.6. The van der Waals surface area contributed by atoms with E-state index < -0.39 is 0 Å². The van der Waals surface area contributed by atoms with Gasteiger partial charge in [-0.3, -0.25) is 9.48 Å². The van der Waals surface area contributed by atoms with Crippen molar-refractivity contribution >= 4 is 16.8 Å². The third-order valence-electron chi connectivity index (χ3n) is 4.91. The molecule has 1 saturated heterocycles. The van der Waals surface area contributed by atoms with Crippen LogP contribution in [0.1, 0.15) is 24.4 Å².